The Kier molecular flexibility index (Phi) is 1.97. The number of aromatic nitrogens is 2. The number of rotatable bonds is 2. The zero-order valence-corrected chi connectivity index (χ0v) is 7.01. The number of aryl methyl sites for hydroxylation is 1. The van der Waals surface area contributed by atoms with Crippen molar-refractivity contribution < 1.29 is 4.84 Å². The molecule has 0 radical (unpaired) electrons. The summed E-state index contributed by atoms with van der Waals surface area (Å²) in [6.45, 7) is 5.66. The average molecular weight is 155 g/mol. The minimum atomic E-state index is -0.509. The maximum absolute atomic E-state index is 5.09. The highest BCUT2D eigenvalue weighted by atomic mass is 16.6. The molecule has 0 saturated heterocycles. The third-order valence-electron chi connectivity index (χ3n) is 1.62. The molecule has 1 aromatic heterocycles. The Labute approximate surface area is 65.7 Å². The van der Waals surface area contributed by atoms with Crippen LogP contribution in [0.1, 0.15) is 25.2 Å². The second kappa shape index (κ2) is 2.64. The van der Waals surface area contributed by atoms with Gasteiger partial charge in [-0.15, -0.1) is 0 Å². The number of H-pyrrole nitrogens is 1. The van der Waals surface area contributed by atoms with Crippen molar-refractivity contribution in [3.63, 3.8) is 0 Å². The summed E-state index contributed by atoms with van der Waals surface area (Å²) in [6, 6.07) is 1.91. The highest BCUT2D eigenvalue weighted by Gasteiger charge is 2.23. The van der Waals surface area contributed by atoms with Gasteiger partial charge in [0.1, 0.15) is 5.60 Å². The molecule has 0 aromatic carbocycles. The van der Waals surface area contributed by atoms with E-state index in [2.05, 4.69) is 10.2 Å². The van der Waals surface area contributed by atoms with Gasteiger partial charge in [0.2, 0.25) is 0 Å². The van der Waals surface area contributed by atoms with Gasteiger partial charge in [0, 0.05) is 5.69 Å². The van der Waals surface area contributed by atoms with E-state index < -0.39 is 5.60 Å². The van der Waals surface area contributed by atoms with Crippen molar-refractivity contribution in [1.82, 2.24) is 10.2 Å². The van der Waals surface area contributed by atoms with Gasteiger partial charge in [-0.2, -0.15) is 5.10 Å². The second-order valence-electron chi connectivity index (χ2n) is 3.06. The number of nitrogens with one attached hydrogen (secondary N) is 1. The molecule has 1 aromatic rings. The lowest BCUT2D eigenvalue weighted by Gasteiger charge is -2.18. The van der Waals surface area contributed by atoms with Crippen LogP contribution in [0.2, 0.25) is 0 Å². The Morgan fingerprint density at radius 3 is 2.64 bits per heavy atom. The van der Waals surface area contributed by atoms with Gasteiger partial charge >= 0.3 is 0 Å². The number of nitrogens with zero attached hydrogens (tertiary/aromatic N) is 1. The molecule has 0 saturated carbocycles. The Morgan fingerprint density at radius 2 is 2.27 bits per heavy atom. The standard InChI is InChI=1S/C7H13N3O/c1-5-4-6(10-9-5)7(2,3)11-8/h4H,8H2,1-3H3,(H,9,10). The van der Waals surface area contributed by atoms with E-state index in [0.29, 0.717) is 0 Å². The Bertz CT molecular complexity index is 242. The average Bonchev–Trinajstić information content (AvgIpc) is 2.36. The second-order valence-corrected chi connectivity index (χ2v) is 3.06. The predicted molar refractivity (Wildman–Crippen MR) is 41.6 cm³/mol. The summed E-state index contributed by atoms with van der Waals surface area (Å²) in [5, 5.41) is 6.85. The van der Waals surface area contributed by atoms with E-state index >= 15 is 0 Å². The first-order valence-electron chi connectivity index (χ1n) is 3.46. The van der Waals surface area contributed by atoms with Crippen molar-refractivity contribution in [2.45, 2.75) is 26.4 Å². The van der Waals surface area contributed by atoms with Gasteiger partial charge in [0.25, 0.3) is 0 Å². The van der Waals surface area contributed by atoms with Crippen LogP contribution in [-0.4, -0.2) is 10.2 Å². The van der Waals surface area contributed by atoms with E-state index in [1.165, 1.54) is 0 Å². The van der Waals surface area contributed by atoms with Gasteiger partial charge in [-0.25, -0.2) is 5.90 Å². The fourth-order valence-electron chi connectivity index (χ4n) is 0.787. The van der Waals surface area contributed by atoms with Crippen LogP contribution >= 0.6 is 0 Å². The Hall–Kier alpha value is -0.870. The molecule has 0 aliphatic rings. The lowest BCUT2D eigenvalue weighted by molar-refractivity contribution is -0.0268. The zero-order chi connectivity index (χ0) is 8.48. The smallest absolute Gasteiger partial charge is 0.127 e. The van der Waals surface area contributed by atoms with Gasteiger partial charge < -0.3 is 0 Å². The highest BCUT2D eigenvalue weighted by molar-refractivity contribution is 5.13. The zero-order valence-electron chi connectivity index (χ0n) is 7.01. The van der Waals surface area contributed by atoms with E-state index in [9.17, 15) is 0 Å². The molecule has 0 atom stereocenters. The van der Waals surface area contributed by atoms with Crippen LogP contribution in [0.25, 0.3) is 0 Å². The molecule has 0 aliphatic carbocycles. The Morgan fingerprint density at radius 1 is 1.64 bits per heavy atom. The molecule has 0 aliphatic heterocycles. The summed E-state index contributed by atoms with van der Waals surface area (Å²) in [6.07, 6.45) is 0. The molecule has 4 nitrogen and oxygen atoms in total. The molecule has 0 amide bonds. The third-order valence-corrected chi connectivity index (χ3v) is 1.62. The van der Waals surface area contributed by atoms with Crippen LogP contribution in [0.3, 0.4) is 0 Å². The number of hydrogen-bond acceptors (Lipinski definition) is 3. The molecule has 0 unspecified atom stereocenters. The topological polar surface area (TPSA) is 63.9 Å². The first-order valence-corrected chi connectivity index (χ1v) is 3.46. The molecule has 62 valence electrons. The third kappa shape index (κ3) is 1.58. The van der Waals surface area contributed by atoms with Crippen LogP contribution < -0.4 is 5.90 Å². The normalized spacial score (nSPS) is 12.0. The van der Waals surface area contributed by atoms with Crippen LogP contribution in [0.4, 0.5) is 0 Å². The summed E-state index contributed by atoms with van der Waals surface area (Å²) in [4.78, 5) is 4.75. The van der Waals surface area contributed by atoms with Crippen molar-refractivity contribution in [3.8, 4) is 0 Å². The van der Waals surface area contributed by atoms with E-state index in [1.54, 1.807) is 0 Å². The van der Waals surface area contributed by atoms with E-state index in [-0.39, 0.29) is 0 Å². The quantitative estimate of drug-likeness (QED) is 0.622. The van der Waals surface area contributed by atoms with Crippen molar-refractivity contribution in [2.24, 2.45) is 5.90 Å². The molecular formula is C7H13N3O. The fourth-order valence-corrected chi connectivity index (χ4v) is 0.787. The van der Waals surface area contributed by atoms with Gasteiger partial charge in [-0.3, -0.25) is 9.94 Å². The molecular weight excluding hydrogens is 142 g/mol. The van der Waals surface area contributed by atoms with Crippen molar-refractivity contribution >= 4 is 0 Å². The largest absolute Gasteiger partial charge is 0.292 e. The maximum atomic E-state index is 5.09. The van der Waals surface area contributed by atoms with Crippen LogP contribution in [-0.2, 0) is 10.4 Å². The maximum Gasteiger partial charge on any atom is 0.127 e. The lowest BCUT2D eigenvalue weighted by atomic mass is 10.1. The number of nitrogens with two attached hydrogens (primary N) is 1. The monoisotopic (exact) mass is 155 g/mol. The van der Waals surface area contributed by atoms with E-state index in [1.807, 2.05) is 26.8 Å². The highest BCUT2D eigenvalue weighted by Crippen LogP contribution is 2.20. The van der Waals surface area contributed by atoms with Crippen molar-refractivity contribution in [2.75, 3.05) is 0 Å². The summed E-state index contributed by atoms with van der Waals surface area (Å²) in [7, 11) is 0. The Balaban J connectivity index is 2.92. The molecule has 0 spiro atoms. The first-order chi connectivity index (χ1) is 5.06. The first kappa shape index (κ1) is 8.23. The molecule has 3 N–H and O–H groups in total. The van der Waals surface area contributed by atoms with Gasteiger partial charge in [-0.05, 0) is 26.8 Å². The molecule has 1 heterocycles. The minimum Gasteiger partial charge on any atom is -0.292 e. The molecule has 1 rings (SSSR count). The summed E-state index contributed by atoms with van der Waals surface area (Å²) >= 11 is 0. The van der Waals surface area contributed by atoms with Gasteiger partial charge in [0.05, 0.1) is 5.69 Å². The molecule has 11 heavy (non-hydrogen) atoms. The van der Waals surface area contributed by atoms with Gasteiger partial charge in [-0.1, -0.05) is 0 Å². The number of aromatic amines is 1. The van der Waals surface area contributed by atoms with E-state index in [4.69, 9.17) is 10.7 Å². The molecule has 4 heteroatoms. The summed E-state index contributed by atoms with van der Waals surface area (Å²) in [5.41, 5.74) is 1.31. The predicted octanol–water partition coefficient (Wildman–Crippen LogP) is 0.844. The lowest BCUT2D eigenvalue weighted by Crippen LogP contribution is -2.25. The van der Waals surface area contributed by atoms with Gasteiger partial charge in [0.15, 0.2) is 0 Å². The SMILES string of the molecule is Cc1cc(C(C)(C)ON)n[nH]1. The minimum absolute atomic E-state index is 0.509. The van der Waals surface area contributed by atoms with Crippen LogP contribution in [0.15, 0.2) is 6.07 Å². The summed E-state index contributed by atoms with van der Waals surface area (Å²) < 4.78 is 0. The molecule has 0 bridgehead atoms. The number of hydrogen-bond donors (Lipinski definition) is 2. The van der Waals surface area contributed by atoms with Crippen molar-refractivity contribution in [1.29, 1.82) is 0 Å². The van der Waals surface area contributed by atoms with Crippen LogP contribution in [0, 0.1) is 6.92 Å². The molecule has 0 fully saturated rings. The van der Waals surface area contributed by atoms with Crippen molar-refractivity contribution in [3.05, 3.63) is 17.5 Å². The van der Waals surface area contributed by atoms with Crippen LogP contribution in [0.5, 0.6) is 0 Å². The van der Waals surface area contributed by atoms with E-state index in [0.717, 1.165) is 11.4 Å². The summed E-state index contributed by atoms with van der Waals surface area (Å²) in [5.74, 6) is 5.09. The fraction of sp³-hybridized carbons (Fsp3) is 0.571.